The van der Waals surface area contributed by atoms with Crippen LogP contribution in [0.1, 0.15) is 36.1 Å². The van der Waals surface area contributed by atoms with Gasteiger partial charge in [0.1, 0.15) is 23.9 Å². The first-order valence-electron chi connectivity index (χ1n) is 7.58. The van der Waals surface area contributed by atoms with Gasteiger partial charge in [-0.15, -0.1) is 40.8 Å². The fourth-order valence-corrected chi connectivity index (χ4v) is 2.02. The molecule has 0 spiro atoms. The van der Waals surface area contributed by atoms with Crippen molar-refractivity contribution in [2.75, 3.05) is 6.54 Å². The number of rotatable bonds is 6. The zero-order valence-corrected chi connectivity index (χ0v) is 16.9. The number of halogens is 1. The highest BCUT2D eigenvalue weighted by molar-refractivity contribution is 14.0. The van der Waals surface area contributed by atoms with Crippen molar-refractivity contribution in [1.82, 2.24) is 25.4 Å². The van der Waals surface area contributed by atoms with Gasteiger partial charge in [-0.25, -0.2) is 4.99 Å². The van der Waals surface area contributed by atoms with Crippen molar-refractivity contribution >= 4 is 29.9 Å². The molecule has 2 aromatic rings. The SMILES string of the molecule is C=CCNC(=NCc1nnc(C)n1C)NC(C)c1ccc(C)o1.I. The number of aliphatic imine (C=N–C) groups is 1. The third-order valence-electron chi connectivity index (χ3n) is 3.52. The highest BCUT2D eigenvalue weighted by atomic mass is 127. The van der Waals surface area contributed by atoms with E-state index in [2.05, 4.69) is 32.4 Å². The van der Waals surface area contributed by atoms with Crippen LogP contribution in [0.15, 0.2) is 34.2 Å². The van der Waals surface area contributed by atoms with Crippen LogP contribution < -0.4 is 10.6 Å². The Morgan fingerprint density at radius 2 is 2.17 bits per heavy atom. The van der Waals surface area contributed by atoms with Gasteiger partial charge in [-0.05, 0) is 32.9 Å². The van der Waals surface area contributed by atoms with E-state index < -0.39 is 0 Å². The summed E-state index contributed by atoms with van der Waals surface area (Å²) < 4.78 is 7.57. The molecule has 0 bridgehead atoms. The lowest BCUT2D eigenvalue weighted by atomic mass is 10.2. The van der Waals surface area contributed by atoms with Gasteiger partial charge in [0, 0.05) is 13.6 Å². The Balaban J connectivity index is 0.00000288. The smallest absolute Gasteiger partial charge is 0.192 e. The Hall–Kier alpha value is -1.84. The minimum atomic E-state index is 0. The van der Waals surface area contributed by atoms with Crippen molar-refractivity contribution in [3.8, 4) is 0 Å². The van der Waals surface area contributed by atoms with Gasteiger partial charge in [0.05, 0.1) is 6.04 Å². The second-order valence-corrected chi connectivity index (χ2v) is 5.37. The number of nitrogens with one attached hydrogen (secondary N) is 2. The van der Waals surface area contributed by atoms with Crippen LogP contribution >= 0.6 is 24.0 Å². The van der Waals surface area contributed by atoms with Gasteiger partial charge in [-0.2, -0.15) is 0 Å². The van der Waals surface area contributed by atoms with Crippen LogP contribution in [0.4, 0.5) is 0 Å². The van der Waals surface area contributed by atoms with E-state index in [-0.39, 0.29) is 30.0 Å². The van der Waals surface area contributed by atoms with E-state index in [1.54, 1.807) is 6.08 Å². The number of aromatic nitrogens is 3. The second kappa shape index (κ2) is 9.45. The van der Waals surface area contributed by atoms with E-state index in [4.69, 9.17) is 4.42 Å². The first kappa shape index (κ1) is 20.2. The van der Waals surface area contributed by atoms with Crippen LogP contribution in [-0.2, 0) is 13.6 Å². The van der Waals surface area contributed by atoms with Crippen LogP contribution in [-0.4, -0.2) is 27.3 Å². The van der Waals surface area contributed by atoms with E-state index in [9.17, 15) is 0 Å². The molecular formula is C16H25IN6O. The van der Waals surface area contributed by atoms with Gasteiger partial charge in [0.15, 0.2) is 11.8 Å². The third kappa shape index (κ3) is 5.36. The number of hydrogen-bond donors (Lipinski definition) is 2. The summed E-state index contributed by atoms with van der Waals surface area (Å²) in [6, 6.07) is 3.91. The number of aryl methyl sites for hydroxylation is 2. The van der Waals surface area contributed by atoms with Gasteiger partial charge >= 0.3 is 0 Å². The summed E-state index contributed by atoms with van der Waals surface area (Å²) in [5, 5.41) is 14.7. The Morgan fingerprint density at radius 3 is 2.71 bits per heavy atom. The quantitative estimate of drug-likeness (QED) is 0.310. The van der Waals surface area contributed by atoms with Crippen molar-refractivity contribution in [3.63, 3.8) is 0 Å². The van der Waals surface area contributed by atoms with Crippen molar-refractivity contribution in [1.29, 1.82) is 0 Å². The van der Waals surface area contributed by atoms with Crippen molar-refractivity contribution in [2.45, 2.75) is 33.4 Å². The maximum absolute atomic E-state index is 5.64. The predicted octanol–water partition coefficient (Wildman–Crippen LogP) is 2.63. The molecule has 8 heteroatoms. The van der Waals surface area contributed by atoms with Crippen LogP contribution in [0.25, 0.3) is 0 Å². The number of hydrogen-bond acceptors (Lipinski definition) is 4. The standard InChI is InChI=1S/C16H24N6O.HI/c1-6-9-17-16(18-10-15-21-20-13(4)22(15)5)19-12(3)14-8-7-11(2)23-14;/h6-8,12H,1,9-10H2,2-5H3,(H2,17,18,19);1H. The molecule has 0 saturated carbocycles. The molecule has 132 valence electrons. The zero-order valence-electron chi connectivity index (χ0n) is 14.5. The van der Waals surface area contributed by atoms with E-state index in [0.717, 1.165) is 23.2 Å². The molecule has 0 amide bonds. The molecule has 7 nitrogen and oxygen atoms in total. The minimum absolute atomic E-state index is 0. The van der Waals surface area contributed by atoms with Gasteiger partial charge in [-0.3, -0.25) is 0 Å². The Bertz CT molecular complexity index is 691. The van der Waals surface area contributed by atoms with Crippen molar-refractivity contribution in [2.24, 2.45) is 12.0 Å². The minimum Gasteiger partial charge on any atom is -0.464 e. The molecule has 0 fully saturated rings. The maximum Gasteiger partial charge on any atom is 0.192 e. The summed E-state index contributed by atoms with van der Waals surface area (Å²) >= 11 is 0. The zero-order chi connectivity index (χ0) is 16.8. The number of nitrogens with zero attached hydrogens (tertiary/aromatic N) is 4. The molecule has 2 heterocycles. The maximum atomic E-state index is 5.64. The summed E-state index contributed by atoms with van der Waals surface area (Å²) in [6.07, 6.45) is 1.78. The molecule has 0 radical (unpaired) electrons. The van der Waals surface area contributed by atoms with Gasteiger partial charge in [0.2, 0.25) is 0 Å². The normalized spacial score (nSPS) is 12.4. The average molecular weight is 444 g/mol. The largest absolute Gasteiger partial charge is 0.464 e. The highest BCUT2D eigenvalue weighted by Crippen LogP contribution is 2.15. The van der Waals surface area contributed by atoms with Gasteiger partial charge in [-0.1, -0.05) is 6.08 Å². The van der Waals surface area contributed by atoms with E-state index in [1.807, 2.05) is 44.5 Å². The summed E-state index contributed by atoms with van der Waals surface area (Å²) in [5.74, 6) is 4.10. The summed E-state index contributed by atoms with van der Waals surface area (Å²) in [4.78, 5) is 4.56. The lowest BCUT2D eigenvalue weighted by molar-refractivity contribution is 0.441. The topological polar surface area (TPSA) is 80.3 Å². The van der Waals surface area contributed by atoms with Crippen LogP contribution in [0.5, 0.6) is 0 Å². The Labute approximate surface area is 159 Å². The molecule has 0 aliphatic carbocycles. The van der Waals surface area contributed by atoms with E-state index in [0.29, 0.717) is 19.0 Å². The molecule has 2 aromatic heterocycles. The van der Waals surface area contributed by atoms with Crippen LogP contribution in [0, 0.1) is 13.8 Å². The average Bonchev–Trinajstić information content (AvgIpc) is 3.10. The molecule has 1 atom stereocenters. The molecule has 0 aliphatic heterocycles. The molecule has 24 heavy (non-hydrogen) atoms. The fraction of sp³-hybridized carbons (Fsp3) is 0.438. The number of guanidine groups is 1. The molecular weight excluding hydrogens is 419 g/mol. The highest BCUT2D eigenvalue weighted by Gasteiger charge is 2.12. The molecule has 2 N–H and O–H groups in total. The monoisotopic (exact) mass is 444 g/mol. The van der Waals surface area contributed by atoms with Gasteiger partial charge in [0.25, 0.3) is 0 Å². The summed E-state index contributed by atoms with van der Waals surface area (Å²) in [5.41, 5.74) is 0. The number of furan rings is 1. The molecule has 2 rings (SSSR count). The predicted molar refractivity (Wildman–Crippen MR) is 105 cm³/mol. The fourth-order valence-electron chi connectivity index (χ4n) is 2.02. The van der Waals surface area contributed by atoms with E-state index >= 15 is 0 Å². The molecule has 0 saturated heterocycles. The molecule has 1 unspecified atom stereocenters. The summed E-state index contributed by atoms with van der Waals surface area (Å²) in [7, 11) is 1.93. The third-order valence-corrected chi connectivity index (χ3v) is 3.52. The molecule has 0 aliphatic rings. The molecule has 0 aromatic carbocycles. The lowest BCUT2D eigenvalue weighted by Gasteiger charge is -2.16. The van der Waals surface area contributed by atoms with Crippen LogP contribution in [0.3, 0.4) is 0 Å². The van der Waals surface area contributed by atoms with Crippen LogP contribution in [0.2, 0.25) is 0 Å². The lowest BCUT2D eigenvalue weighted by Crippen LogP contribution is -2.38. The van der Waals surface area contributed by atoms with Gasteiger partial charge < -0.3 is 19.6 Å². The van der Waals surface area contributed by atoms with Crippen molar-refractivity contribution in [3.05, 3.63) is 48.0 Å². The Morgan fingerprint density at radius 1 is 1.42 bits per heavy atom. The second-order valence-electron chi connectivity index (χ2n) is 5.37. The Kier molecular flexibility index (Phi) is 7.96. The van der Waals surface area contributed by atoms with Crippen molar-refractivity contribution < 1.29 is 4.42 Å². The summed E-state index contributed by atoms with van der Waals surface area (Å²) in [6.45, 7) is 10.6. The first-order valence-corrected chi connectivity index (χ1v) is 7.58. The first-order chi connectivity index (χ1) is 11.0. The van der Waals surface area contributed by atoms with E-state index in [1.165, 1.54) is 0 Å².